The molecule has 39 heavy (non-hydrogen) atoms. The zero-order chi connectivity index (χ0) is 30.1. The van der Waals surface area contributed by atoms with E-state index in [0.717, 1.165) is 24.3 Å². The smallest absolute Gasteiger partial charge is 0.221 e. The summed E-state index contributed by atoms with van der Waals surface area (Å²) in [6.45, 7) is 14.0. The number of rotatable bonds is 9. The van der Waals surface area contributed by atoms with Crippen LogP contribution in [-0.4, -0.2) is 50.4 Å². The van der Waals surface area contributed by atoms with Crippen LogP contribution in [-0.2, 0) is 30.3 Å². The first-order chi connectivity index (χ1) is 18.4. The van der Waals surface area contributed by atoms with Crippen molar-refractivity contribution in [3.8, 4) is 0 Å². The normalized spacial score (nSPS) is 9.13. The van der Waals surface area contributed by atoms with Gasteiger partial charge in [0.05, 0.1) is 6.61 Å². The molecule has 4 N–H and O–H groups in total. The lowest BCUT2D eigenvalue weighted by atomic mass is 10.1. The molecule has 2 aromatic carbocycles. The molecule has 0 bridgehead atoms. The highest BCUT2D eigenvalue weighted by molar-refractivity contribution is 5.89. The third-order valence-corrected chi connectivity index (χ3v) is 4.57. The maximum absolute atomic E-state index is 10.8. The van der Waals surface area contributed by atoms with E-state index in [0.29, 0.717) is 13.2 Å². The van der Waals surface area contributed by atoms with E-state index >= 15 is 0 Å². The number of carbonyl (C=O) groups excluding carboxylic acids is 4. The van der Waals surface area contributed by atoms with E-state index in [1.807, 2.05) is 50.2 Å². The van der Waals surface area contributed by atoms with Crippen LogP contribution >= 0.6 is 0 Å². The molecule has 2 aromatic rings. The number of anilines is 2. The molecule has 0 aliphatic carbocycles. The first-order valence-electron chi connectivity index (χ1n) is 13.1. The summed E-state index contributed by atoms with van der Waals surface area (Å²) in [5.41, 5.74) is 4.25. The predicted octanol–water partition coefficient (Wildman–Crippen LogP) is 4.85. The molecule has 9 heteroatoms. The van der Waals surface area contributed by atoms with E-state index in [2.05, 4.69) is 45.1 Å². The van der Waals surface area contributed by atoms with Crippen LogP contribution in [0.15, 0.2) is 48.5 Å². The number of carbonyl (C=O) groups is 4. The van der Waals surface area contributed by atoms with Crippen LogP contribution in [0.5, 0.6) is 0 Å². The first kappa shape index (κ1) is 37.4. The summed E-state index contributed by atoms with van der Waals surface area (Å²) in [5, 5.41) is 10.6. The molecule has 0 atom stereocenters. The summed E-state index contributed by atoms with van der Waals surface area (Å²) in [7, 11) is 1.60. The average Bonchev–Trinajstić information content (AvgIpc) is 2.85. The Bertz CT molecular complexity index is 945. The SMILES string of the molecule is CC(=O)Nc1ccc(C)cc1.CCCCc1ccc(NC(C)=O)cc1.CCNC(C)=O.COCCNC(C)=O. The molecule has 9 nitrogen and oxygen atoms in total. The second-order valence-corrected chi connectivity index (χ2v) is 8.59. The van der Waals surface area contributed by atoms with Crippen LogP contribution in [0.1, 0.15) is 65.5 Å². The van der Waals surface area contributed by atoms with Gasteiger partial charge in [0.15, 0.2) is 0 Å². The quantitative estimate of drug-likeness (QED) is 0.336. The molecule has 0 saturated heterocycles. The van der Waals surface area contributed by atoms with Crippen molar-refractivity contribution in [1.29, 1.82) is 0 Å². The lowest BCUT2D eigenvalue weighted by Gasteiger charge is -2.03. The number of hydrogen-bond acceptors (Lipinski definition) is 5. The van der Waals surface area contributed by atoms with Gasteiger partial charge in [-0.2, -0.15) is 0 Å². The molecule has 0 spiro atoms. The molecular weight excluding hydrogens is 496 g/mol. The van der Waals surface area contributed by atoms with E-state index in [1.165, 1.54) is 51.7 Å². The van der Waals surface area contributed by atoms with Gasteiger partial charge in [-0.1, -0.05) is 43.2 Å². The molecule has 2 rings (SSSR count). The van der Waals surface area contributed by atoms with Crippen molar-refractivity contribution in [2.75, 3.05) is 37.4 Å². The van der Waals surface area contributed by atoms with Crippen molar-refractivity contribution in [3.63, 3.8) is 0 Å². The van der Waals surface area contributed by atoms with Crippen LogP contribution in [0, 0.1) is 6.92 Å². The highest BCUT2D eigenvalue weighted by Gasteiger charge is 1.96. The lowest BCUT2D eigenvalue weighted by molar-refractivity contribution is -0.119. The Hall–Kier alpha value is -3.72. The van der Waals surface area contributed by atoms with E-state index in [9.17, 15) is 19.2 Å². The van der Waals surface area contributed by atoms with Gasteiger partial charge in [-0.25, -0.2) is 0 Å². The van der Waals surface area contributed by atoms with Gasteiger partial charge in [0.1, 0.15) is 0 Å². The van der Waals surface area contributed by atoms with Gasteiger partial charge in [-0.3, -0.25) is 19.2 Å². The number of ether oxygens (including phenoxy) is 1. The van der Waals surface area contributed by atoms with Gasteiger partial charge in [0.2, 0.25) is 23.6 Å². The van der Waals surface area contributed by atoms with Gasteiger partial charge < -0.3 is 26.0 Å². The number of hydrogen-bond donors (Lipinski definition) is 4. The third-order valence-electron chi connectivity index (χ3n) is 4.57. The van der Waals surface area contributed by atoms with Crippen molar-refractivity contribution in [3.05, 3.63) is 59.7 Å². The molecule has 218 valence electrons. The number of amides is 4. The second-order valence-electron chi connectivity index (χ2n) is 8.59. The third kappa shape index (κ3) is 27.1. The van der Waals surface area contributed by atoms with Gasteiger partial charge in [0.25, 0.3) is 0 Å². The Morgan fingerprint density at radius 3 is 1.49 bits per heavy atom. The Balaban J connectivity index is 0. The maximum Gasteiger partial charge on any atom is 0.221 e. The highest BCUT2D eigenvalue weighted by Crippen LogP contribution is 2.11. The average molecular weight is 545 g/mol. The minimum absolute atomic E-state index is 0.0120. The van der Waals surface area contributed by atoms with Gasteiger partial charge in [-0.15, -0.1) is 0 Å². The van der Waals surface area contributed by atoms with E-state index in [1.54, 1.807) is 7.11 Å². The predicted molar refractivity (Wildman–Crippen MR) is 160 cm³/mol. The molecule has 0 aliphatic rings. The summed E-state index contributed by atoms with van der Waals surface area (Å²) in [6.07, 6.45) is 3.56. The lowest BCUT2D eigenvalue weighted by Crippen LogP contribution is -2.23. The molecule has 0 fully saturated rings. The molecule has 0 aliphatic heterocycles. The molecular formula is C30H48N4O5. The maximum atomic E-state index is 10.8. The van der Waals surface area contributed by atoms with Crippen LogP contribution in [0.3, 0.4) is 0 Å². The fourth-order valence-corrected chi connectivity index (χ4v) is 2.76. The Labute approximate surface area is 234 Å². The van der Waals surface area contributed by atoms with Crippen LogP contribution in [0.4, 0.5) is 11.4 Å². The molecule has 4 amide bonds. The minimum atomic E-state index is -0.0335. The molecule has 0 unspecified atom stereocenters. The summed E-state index contributed by atoms with van der Waals surface area (Å²) < 4.78 is 4.68. The van der Waals surface area contributed by atoms with Crippen molar-refractivity contribution in [2.45, 2.75) is 67.7 Å². The van der Waals surface area contributed by atoms with Gasteiger partial charge in [0, 0.05) is 59.3 Å². The highest BCUT2D eigenvalue weighted by atomic mass is 16.5. The fourth-order valence-electron chi connectivity index (χ4n) is 2.76. The van der Waals surface area contributed by atoms with Crippen molar-refractivity contribution in [1.82, 2.24) is 10.6 Å². The van der Waals surface area contributed by atoms with Crippen molar-refractivity contribution >= 4 is 35.0 Å². The Kier molecular flexibility index (Phi) is 23.6. The summed E-state index contributed by atoms with van der Waals surface area (Å²) in [5.74, 6) is -0.0280. The molecule has 0 radical (unpaired) electrons. The number of methoxy groups -OCH3 is 1. The minimum Gasteiger partial charge on any atom is -0.383 e. The second kappa shape index (κ2) is 24.6. The molecule has 0 aromatic heterocycles. The molecule has 0 heterocycles. The van der Waals surface area contributed by atoms with E-state index in [-0.39, 0.29) is 23.6 Å². The Morgan fingerprint density at radius 1 is 0.692 bits per heavy atom. The topological polar surface area (TPSA) is 126 Å². The Morgan fingerprint density at radius 2 is 1.15 bits per heavy atom. The van der Waals surface area contributed by atoms with Crippen LogP contribution < -0.4 is 21.3 Å². The largest absolute Gasteiger partial charge is 0.383 e. The fraction of sp³-hybridized carbons (Fsp3) is 0.467. The summed E-state index contributed by atoms with van der Waals surface area (Å²) in [4.78, 5) is 41.4. The monoisotopic (exact) mass is 544 g/mol. The number of unbranched alkanes of at least 4 members (excludes halogenated alkanes) is 1. The zero-order valence-corrected chi connectivity index (χ0v) is 24.9. The number of aryl methyl sites for hydroxylation is 2. The van der Waals surface area contributed by atoms with E-state index < -0.39 is 0 Å². The zero-order valence-electron chi connectivity index (χ0n) is 24.9. The van der Waals surface area contributed by atoms with Crippen LogP contribution in [0.2, 0.25) is 0 Å². The van der Waals surface area contributed by atoms with E-state index in [4.69, 9.17) is 0 Å². The summed E-state index contributed by atoms with van der Waals surface area (Å²) >= 11 is 0. The first-order valence-corrected chi connectivity index (χ1v) is 13.1. The number of nitrogens with one attached hydrogen (secondary N) is 4. The summed E-state index contributed by atoms with van der Waals surface area (Å²) in [6, 6.07) is 15.7. The molecule has 0 saturated carbocycles. The van der Waals surface area contributed by atoms with Crippen molar-refractivity contribution < 1.29 is 23.9 Å². The van der Waals surface area contributed by atoms with Crippen LogP contribution in [0.25, 0.3) is 0 Å². The number of benzene rings is 2. The van der Waals surface area contributed by atoms with Crippen molar-refractivity contribution in [2.24, 2.45) is 0 Å². The standard InChI is InChI=1S/C12H17NO.C9H11NO.C5H11NO2.C4H9NO/c1-3-4-5-11-6-8-12(9-7-11)13-10(2)14;1-7-3-5-9(6-4-7)10-8(2)11;1-5(7)6-3-4-8-2;1-3-5-4(2)6/h6-9H,3-5H2,1-2H3,(H,13,14);3-6H,1-2H3,(H,10,11);3-4H2,1-2H3,(H,6,7);3H2,1-2H3,(H,5,6). The van der Waals surface area contributed by atoms with Gasteiger partial charge in [-0.05, 0) is 56.5 Å². The van der Waals surface area contributed by atoms with Gasteiger partial charge >= 0.3 is 0 Å².